The minimum absolute atomic E-state index is 0.158. The van der Waals surface area contributed by atoms with Crippen molar-refractivity contribution in [3.05, 3.63) is 29.3 Å². The van der Waals surface area contributed by atoms with Crippen molar-refractivity contribution in [1.29, 1.82) is 0 Å². The monoisotopic (exact) mass is 615 g/mol. The van der Waals surface area contributed by atoms with Gasteiger partial charge in [-0.2, -0.15) is 12.6 Å². The Morgan fingerprint density at radius 1 is 0.675 bits per heavy atom. The van der Waals surface area contributed by atoms with Crippen molar-refractivity contribution in [1.82, 2.24) is 0 Å². The molecular formula is C31H61NO5SSi2. The van der Waals surface area contributed by atoms with Gasteiger partial charge in [-0.15, -0.1) is 0 Å². The van der Waals surface area contributed by atoms with Crippen LogP contribution in [0.1, 0.15) is 66.5 Å². The Morgan fingerprint density at radius 2 is 1.10 bits per heavy atom. The molecule has 0 unspecified atom stereocenters. The van der Waals surface area contributed by atoms with Gasteiger partial charge in [0.2, 0.25) is 0 Å². The minimum Gasteiger partial charge on any atom is -0.413 e. The van der Waals surface area contributed by atoms with Crippen LogP contribution in [0.3, 0.4) is 0 Å². The predicted octanol–water partition coefficient (Wildman–Crippen LogP) is 7.92. The van der Waals surface area contributed by atoms with E-state index in [1.54, 1.807) is 7.11 Å². The fraction of sp³-hybridized carbons (Fsp3) is 0.806. The lowest BCUT2D eigenvalue weighted by molar-refractivity contribution is 0.0264. The zero-order valence-electron chi connectivity index (χ0n) is 28.0. The Morgan fingerprint density at radius 3 is 1.50 bits per heavy atom. The van der Waals surface area contributed by atoms with Crippen LogP contribution < -0.4 is 4.90 Å². The highest BCUT2D eigenvalue weighted by Crippen LogP contribution is 2.38. The summed E-state index contributed by atoms with van der Waals surface area (Å²) in [6.07, 6.45) is 0. The summed E-state index contributed by atoms with van der Waals surface area (Å²) in [4.78, 5) is 2.38. The lowest BCUT2D eigenvalue weighted by atomic mass is 10.1. The van der Waals surface area contributed by atoms with E-state index in [0.29, 0.717) is 46.2 Å². The average Bonchev–Trinajstić information content (AvgIpc) is 2.80. The predicted molar refractivity (Wildman–Crippen MR) is 179 cm³/mol. The van der Waals surface area contributed by atoms with Crippen LogP contribution in [0.25, 0.3) is 0 Å². The second-order valence-corrected chi connectivity index (χ2v) is 25.4. The maximum Gasteiger partial charge on any atom is 0.192 e. The summed E-state index contributed by atoms with van der Waals surface area (Å²) in [6.45, 7) is 32.9. The number of thiol groups is 1. The molecule has 0 aliphatic heterocycles. The molecule has 6 nitrogen and oxygen atoms in total. The zero-order valence-corrected chi connectivity index (χ0v) is 30.9. The summed E-state index contributed by atoms with van der Waals surface area (Å²) in [7, 11) is -2.11. The molecular weight excluding hydrogens is 555 g/mol. The third-order valence-electron chi connectivity index (χ3n) is 8.10. The Labute approximate surface area is 254 Å². The van der Waals surface area contributed by atoms with E-state index in [1.807, 2.05) is 0 Å². The van der Waals surface area contributed by atoms with E-state index in [4.69, 9.17) is 35.7 Å². The molecule has 1 aromatic carbocycles. The topological polar surface area (TPSA) is 49.4 Å². The fourth-order valence-electron chi connectivity index (χ4n) is 3.46. The molecule has 0 bridgehead atoms. The highest BCUT2D eigenvalue weighted by Gasteiger charge is 2.38. The number of benzene rings is 1. The van der Waals surface area contributed by atoms with Gasteiger partial charge >= 0.3 is 0 Å². The Balaban J connectivity index is 3.20. The third kappa shape index (κ3) is 13.7. The van der Waals surface area contributed by atoms with Gasteiger partial charge in [-0.3, -0.25) is 0 Å². The molecule has 40 heavy (non-hydrogen) atoms. The lowest BCUT2D eigenvalue weighted by Crippen LogP contribution is -2.41. The van der Waals surface area contributed by atoms with E-state index in [1.165, 1.54) is 11.1 Å². The molecule has 0 radical (unpaired) electrons. The second kappa shape index (κ2) is 15.9. The molecule has 0 saturated heterocycles. The second-order valence-electron chi connectivity index (χ2n) is 14.6. The van der Waals surface area contributed by atoms with E-state index >= 15 is 0 Å². The number of methoxy groups -OCH3 is 1. The van der Waals surface area contributed by atoms with Gasteiger partial charge in [0.15, 0.2) is 16.6 Å². The zero-order chi connectivity index (χ0) is 30.8. The van der Waals surface area contributed by atoms with E-state index < -0.39 is 16.6 Å². The molecule has 0 heterocycles. The van der Waals surface area contributed by atoms with Crippen LogP contribution in [0.4, 0.5) is 5.69 Å². The molecule has 234 valence electrons. The summed E-state index contributed by atoms with van der Waals surface area (Å²) in [5.74, 6) is 0. The molecule has 0 saturated carbocycles. The first-order valence-electron chi connectivity index (χ1n) is 14.7. The summed E-state index contributed by atoms with van der Waals surface area (Å²) >= 11 is 4.88. The summed E-state index contributed by atoms with van der Waals surface area (Å²) in [5, 5.41) is 0.317. The highest BCUT2D eigenvalue weighted by molar-refractivity contribution is 7.81. The molecule has 0 N–H and O–H groups in total. The normalized spacial score (nSPS) is 13.7. The van der Waals surface area contributed by atoms with Gasteiger partial charge in [-0.1, -0.05) is 47.6 Å². The molecule has 1 rings (SSSR count). The largest absolute Gasteiger partial charge is 0.413 e. The number of hydrogen-bond donors (Lipinski definition) is 1. The molecule has 1 aromatic rings. The van der Waals surface area contributed by atoms with E-state index in [9.17, 15) is 0 Å². The molecule has 0 aliphatic rings. The van der Waals surface area contributed by atoms with E-state index in [2.05, 4.69) is 105 Å². The molecule has 9 heteroatoms. The number of rotatable bonds is 18. The Bertz CT molecular complexity index is 828. The molecule has 0 spiro atoms. The summed E-state index contributed by atoms with van der Waals surface area (Å²) < 4.78 is 29.6. The van der Waals surface area contributed by atoms with E-state index in [-0.39, 0.29) is 14.8 Å². The standard InChI is InChI=1S/C31H61NO5SSi2/c1-29(2,3)39(10,11)36-23-26-20-27(24-37-40(12,13)30(4,5)6)22-28(21-26)32(25-31(7,8)38)14-15-34-18-19-35-17-16-33-9/h20-22,38H,14-19,23-25H2,1-13H3. The van der Waals surface area contributed by atoms with Crippen LogP contribution in [0.5, 0.6) is 0 Å². The molecule has 0 amide bonds. The number of hydrogen-bond acceptors (Lipinski definition) is 7. The van der Waals surface area contributed by atoms with Gasteiger partial charge in [-0.25, -0.2) is 0 Å². The highest BCUT2D eigenvalue weighted by atomic mass is 32.1. The van der Waals surface area contributed by atoms with Crippen molar-refractivity contribution in [3.8, 4) is 0 Å². The van der Waals surface area contributed by atoms with Gasteiger partial charge in [0.25, 0.3) is 0 Å². The smallest absolute Gasteiger partial charge is 0.192 e. The van der Waals surface area contributed by atoms with Crippen molar-refractivity contribution in [3.63, 3.8) is 0 Å². The Kier molecular flexibility index (Phi) is 15.0. The summed E-state index contributed by atoms with van der Waals surface area (Å²) in [5.41, 5.74) is 3.53. The SMILES string of the molecule is COCCOCCOCCN(CC(C)(C)S)c1cc(CO[Si](C)(C)C(C)(C)C)cc(CO[Si](C)(C)C(C)(C)C)c1. The van der Waals surface area contributed by atoms with Crippen molar-refractivity contribution >= 4 is 35.0 Å². The van der Waals surface area contributed by atoms with Crippen LogP contribution >= 0.6 is 12.6 Å². The maximum atomic E-state index is 6.65. The molecule has 0 aliphatic carbocycles. The lowest BCUT2D eigenvalue weighted by Gasteiger charge is -2.37. The number of ether oxygens (including phenoxy) is 3. The third-order valence-corrected chi connectivity index (χ3v) is 17.2. The van der Waals surface area contributed by atoms with Crippen LogP contribution in [0.15, 0.2) is 18.2 Å². The van der Waals surface area contributed by atoms with Crippen LogP contribution in [0.2, 0.25) is 36.3 Å². The molecule has 0 aromatic heterocycles. The first kappa shape index (κ1) is 37.6. The van der Waals surface area contributed by atoms with Gasteiger partial charge in [0.1, 0.15) is 0 Å². The minimum atomic E-state index is -1.89. The van der Waals surface area contributed by atoms with Gasteiger partial charge in [0.05, 0.1) is 46.2 Å². The van der Waals surface area contributed by atoms with Crippen molar-refractivity contribution in [2.24, 2.45) is 0 Å². The average molecular weight is 616 g/mol. The van der Waals surface area contributed by atoms with Gasteiger partial charge in [-0.05, 0) is 73.4 Å². The first-order chi connectivity index (χ1) is 18.2. The number of anilines is 1. The van der Waals surface area contributed by atoms with Crippen LogP contribution in [0, 0.1) is 0 Å². The number of nitrogens with zero attached hydrogens (tertiary/aromatic N) is 1. The van der Waals surface area contributed by atoms with E-state index in [0.717, 1.165) is 18.8 Å². The van der Waals surface area contributed by atoms with Gasteiger partial charge < -0.3 is 28.0 Å². The first-order valence-corrected chi connectivity index (χ1v) is 21.0. The molecule has 0 fully saturated rings. The Hall–Kier alpha value is -0.396. The van der Waals surface area contributed by atoms with Crippen molar-refractivity contribution in [2.45, 2.75) is 110 Å². The van der Waals surface area contributed by atoms with Gasteiger partial charge in [0, 0.05) is 30.6 Å². The van der Waals surface area contributed by atoms with Crippen LogP contribution in [-0.4, -0.2) is 74.6 Å². The van der Waals surface area contributed by atoms with Crippen molar-refractivity contribution < 1.29 is 23.1 Å². The quantitative estimate of drug-likeness (QED) is 0.103. The fourth-order valence-corrected chi connectivity index (χ4v) is 5.55. The summed E-state index contributed by atoms with van der Waals surface area (Å²) in [6, 6.07) is 6.81. The van der Waals surface area contributed by atoms with Crippen LogP contribution in [-0.2, 0) is 36.3 Å². The maximum absolute atomic E-state index is 6.65. The van der Waals surface area contributed by atoms with Crippen molar-refractivity contribution in [2.75, 3.05) is 58.1 Å². The molecule has 0 atom stereocenters.